The van der Waals surface area contributed by atoms with Crippen LogP contribution < -0.4 is 11.5 Å². The molecule has 0 saturated heterocycles. The van der Waals surface area contributed by atoms with Crippen LogP contribution in [-0.2, 0) is 4.79 Å². The van der Waals surface area contributed by atoms with Gasteiger partial charge in [0.2, 0.25) is 0 Å². The van der Waals surface area contributed by atoms with Crippen molar-refractivity contribution in [3.63, 3.8) is 0 Å². The Kier molecular flexibility index (Phi) is 3.47. The first-order chi connectivity index (χ1) is 4.89. The molecule has 0 aliphatic heterocycles. The van der Waals surface area contributed by atoms with Gasteiger partial charge in [0, 0.05) is 0 Å². The lowest BCUT2D eigenvalue weighted by atomic mass is 10.1. The molecule has 0 radical (unpaired) electrons. The highest BCUT2D eigenvalue weighted by Gasteiger charge is 2.41. The molecule has 0 heterocycles. The van der Waals surface area contributed by atoms with Crippen molar-refractivity contribution < 1.29 is 18.0 Å². The van der Waals surface area contributed by atoms with Crippen LogP contribution >= 0.6 is 0 Å². The molecular weight excluding hydrogens is 161 g/mol. The Morgan fingerprint density at radius 2 is 1.91 bits per heavy atom. The van der Waals surface area contributed by atoms with Gasteiger partial charge in [-0.15, -0.1) is 0 Å². The van der Waals surface area contributed by atoms with Crippen LogP contribution in [0.25, 0.3) is 0 Å². The van der Waals surface area contributed by atoms with Gasteiger partial charge >= 0.3 is 6.18 Å². The fourth-order valence-electron chi connectivity index (χ4n) is 0.521. The number of alkyl halides is 3. The van der Waals surface area contributed by atoms with Gasteiger partial charge in [-0.2, -0.15) is 13.2 Å². The lowest BCUT2D eigenvalue weighted by Crippen LogP contribution is -2.41. The molecule has 0 aliphatic rings. The molecule has 11 heavy (non-hydrogen) atoms. The number of rotatable bonds is 3. The van der Waals surface area contributed by atoms with Crippen LogP contribution in [0.15, 0.2) is 0 Å². The van der Waals surface area contributed by atoms with E-state index in [4.69, 9.17) is 11.5 Å². The van der Waals surface area contributed by atoms with Crippen molar-refractivity contribution in [1.82, 2.24) is 0 Å². The molecule has 0 saturated carbocycles. The van der Waals surface area contributed by atoms with E-state index in [2.05, 4.69) is 0 Å². The van der Waals surface area contributed by atoms with Crippen LogP contribution in [0, 0.1) is 0 Å². The number of halogens is 3. The molecule has 0 aromatic carbocycles. The Morgan fingerprint density at radius 3 is 2.18 bits per heavy atom. The predicted octanol–water partition coefficient (Wildman–Crippen LogP) is -0.206. The highest BCUT2D eigenvalue weighted by molar-refractivity contribution is 5.88. The maximum absolute atomic E-state index is 11.6. The number of Topliss-reactive ketones (excluding diaryl/α,β-unsaturated/α-hetero) is 1. The standard InChI is InChI=1S/C5H9F3N2O/c6-5(7,8)4(11)3(10)1-2-9/h3H,1-2,9-10H2. The number of carbonyl (C=O) groups excluding carboxylic acids is 1. The second-order valence-electron chi connectivity index (χ2n) is 2.05. The fraction of sp³-hybridized carbons (Fsp3) is 0.800. The Balaban J connectivity index is 4.03. The minimum atomic E-state index is -4.84. The lowest BCUT2D eigenvalue weighted by molar-refractivity contribution is -0.172. The van der Waals surface area contributed by atoms with Gasteiger partial charge in [-0.25, -0.2) is 0 Å². The van der Waals surface area contributed by atoms with E-state index >= 15 is 0 Å². The normalized spacial score (nSPS) is 14.6. The highest BCUT2D eigenvalue weighted by atomic mass is 19.4. The summed E-state index contributed by atoms with van der Waals surface area (Å²) >= 11 is 0. The summed E-state index contributed by atoms with van der Waals surface area (Å²) in [5.74, 6) is -1.91. The topological polar surface area (TPSA) is 69.1 Å². The summed E-state index contributed by atoms with van der Waals surface area (Å²) in [6, 6.07) is -1.51. The molecule has 0 amide bonds. The third-order valence-corrected chi connectivity index (χ3v) is 1.09. The van der Waals surface area contributed by atoms with Gasteiger partial charge in [0.1, 0.15) is 0 Å². The second kappa shape index (κ2) is 3.68. The number of hydrogen-bond acceptors (Lipinski definition) is 3. The summed E-state index contributed by atoms with van der Waals surface area (Å²) in [5, 5.41) is 0. The summed E-state index contributed by atoms with van der Waals surface area (Å²) in [4.78, 5) is 10.2. The molecule has 4 N–H and O–H groups in total. The van der Waals surface area contributed by atoms with E-state index in [1.165, 1.54) is 0 Å². The van der Waals surface area contributed by atoms with E-state index in [-0.39, 0.29) is 13.0 Å². The molecule has 1 atom stereocenters. The molecule has 1 unspecified atom stereocenters. The Labute approximate surface area is 61.5 Å². The van der Waals surface area contributed by atoms with Crippen LogP contribution in [0.3, 0.4) is 0 Å². The molecule has 0 fully saturated rings. The maximum Gasteiger partial charge on any atom is 0.451 e. The molecule has 66 valence electrons. The minimum absolute atomic E-state index is 0.0248. The lowest BCUT2D eigenvalue weighted by Gasteiger charge is -2.10. The minimum Gasteiger partial charge on any atom is -0.330 e. The monoisotopic (exact) mass is 170 g/mol. The van der Waals surface area contributed by atoms with Crippen molar-refractivity contribution in [3.05, 3.63) is 0 Å². The number of ketones is 1. The van der Waals surface area contributed by atoms with Gasteiger partial charge in [-0.05, 0) is 13.0 Å². The van der Waals surface area contributed by atoms with E-state index in [1.54, 1.807) is 0 Å². The van der Waals surface area contributed by atoms with Crippen molar-refractivity contribution in [1.29, 1.82) is 0 Å². The molecule has 6 heteroatoms. The molecular formula is C5H9F3N2O. The van der Waals surface area contributed by atoms with E-state index in [9.17, 15) is 18.0 Å². The van der Waals surface area contributed by atoms with Gasteiger partial charge in [0.15, 0.2) is 0 Å². The summed E-state index contributed by atoms with van der Waals surface area (Å²) < 4.78 is 34.7. The third-order valence-electron chi connectivity index (χ3n) is 1.09. The zero-order valence-electron chi connectivity index (χ0n) is 5.69. The van der Waals surface area contributed by atoms with Crippen molar-refractivity contribution in [2.45, 2.75) is 18.6 Å². The average molecular weight is 170 g/mol. The summed E-state index contributed by atoms with van der Waals surface area (Å²) in [5.41, 5.74) is 9.78. The number of nitrogens with two attached hydrogens (primary N) is 2. The largest absolute Gasteiger partial charge is 0.451 e. The Morgan fingerprint density at radius 1 is 1.45 bits per heavy atom. The number of carbonyl (C=O) groups is 1. The maximum atomic E-state index is 11.6. The second-order valence-corrected chi connectivity index (χ2v) is 2.05. The van der Waals surface area contributed by atoms with Crippen LogP contribution in [0.2, 0.25) is 0 Å². The molecule has 3 nitrogen and oxygen atoms in total. The first kappa shape index (κ1) is 10.4. The van der Waals surface area contributed by atoms with Gasteiger partial charge in [-0.3, -0.25) is 4.79 Å². The van der Waals surface area contributed by atoms with Crippen molar-refractivity contribution in [3.8, 4) is 0 Å². The van der Waals surface area contributed by atoms with Gasteiger partial charge in [0.05, 0.1) is 6.04 Å². The smallest absolute Gasteiger partial charge is 0.330 e. The summed E-state index contributed by atoms with van der Waals surface area (Å²) in [6.45, 7) is -0.0248. The van der Waals surface area contributed by atoms with E-state index in [1.807, 2.05) is 0 Å². The summed E-state index contributed by atoms with van der Waals surface area (Å²) in [6.07, 6.45) is -4.98. The van der Waals surface area contributed by atoms with Gasteiger partial charge in [0.25, 0.3) is 5.78 Å². The highest BCUT2D eigenvalue weighted by Crippen LogP contribution is 2.17. The van der Waals surface area contributed by atoms with Crippen molar-refractivity contribution >= 4 is 5.78 Å². The van der Waals surface area contributed by atoms with Crippen molar-refractivity contribution in [2.75, 3.05) is 6.54 Å². The predicted molar refractivity (Wildman–Crippen MR) is 32.7 cm³/mol. The average Bonchev–Trinajstić information content (AvgIpc) is 1.85. The van der Waals surface area contributed by atoms with Gasteiger partial charge in [-0.1, -0.05) is 0 Å². The molecule has 0 aliphatic carbocycles. The zero-order valence-corrected chi connectivity index (χ0v) is 5.69. The quantitative estimate of drug-likeness (QED) is 0.616. The molecule has 0 bridgehead atoms. The van der Waals surface area contributed by atoms with Gasteiger partial charge < -0.3 is 11.5 Å². The fourth-order valence-corrected chi connectivity index (χ4v) is 0.521. The Bertz CT molecular complexity index is 145. The first-order valence-electron chi connectivity index (χ1n) is 2.96. The summed E-state index contributed by atoms with van der Waals surface area (Å²) in [7, 11) is 0. The molecule has 0 rings (SSSR count). The van der Waals surface area contributed by atoms with Crippen LogP contribution in [0.5, 0.6) is 0 Å². The Hall–Kier alpha value is -0.620. The van der Waals surface area contributed by atoms with Crippen molar-refractivity contribution in [2.24, 2.45) is 11.5 Å². The number of hydrogen-bond donors (Lipinski definition) is 2. The SMILES string of the molecule is NCCC(N)C(=O)C(F)(F)F. The van der Waals surface area contributed by atoms with Crippen LogP contribution in [0.4, 0.5) is 13.2 Å². The first-order valence-corrected chi connectivity index (χ1v) is 2.96. The molecule has 0 aromatic heterocycles. The van der Waals surface area contributed by atoms with E-state index < -0.39 is 18.0 Å². The zero-order chi connectivity index (χ0) is 9.07. The van der Waals surface area contributed by atoms with Crippen LogP contribution in [0.1, 0.15) is 6.42 Å². The third kappa shape index (κ3) is 3.33. The molecule has 0 aromatic rings. The van der Waals surface area contributed by atoms with E-state index in [0.717, 1.165) is 0 Å². The molecule has 0 spiro atoms. The van der Waals surface area contributed by atoms with Crippen LogP contribution in [-0.4, -0.2) is 24.5 Å². The van der Waals surface area contributed by atoms with E-state index in [0.29, 0.717) is 0 Å².